The van der Waals surface area contributed by atoms with Gasteiger partial charge in [-0.25, -0.2) is 4.98 Å². The smallest absolute Gasteiger partial charge is 0.254 e. The molecule has 0 atom stereocenters. The molecule has 0 aliphatic heterocycles. The third kappa shape index (κ3) is 2.38. The highest BCUT2D eigenvalue weighted by Gasteiger charge is 2.19. The standard InChI is InChI=1S/C15H15ClN2O3/c1-20-12-7-8(6-10(16)13(12)21-2)14-17-11-5-3-4-9(11)15(19)18-14/h6-7H,3-5H2,1-2H3,(H,17,18,19). The molecule has 0 fully saturated rings. The fraction of sp³-hybridized carbons (Fsp3) is 0.333. The van der Waals surface area contributed by atoms with Crippen molar-refractivity contribution in [3.05, 3.63) is 38.8 Å². The Kier molecular flexibility index (Phi) is 3.59. The van der Waals surface area contributed by atoms with Crippen LogP contribution >= 0.6 is 11.6 Å². The Morgan fingerprint density at radius 3 is 2.76 bits per heavy atom. The molecule has 0 radical (unpaired) electrons. The molecule has 0 unspecified atom stereocenters. The Hall–Kier alpha value is -2.01. The van der Waals surface area contributed by atoms with Crippen molar-refractivity contribution in [2.24, 2.45) is 0 Å². The van der Waals surface area contributed by atoms with Crippen molar-refractivity contribution in [2.45, 2.75) is 19.3 Å². The van der Waals surface area contributed by atoms with E-state index >= 15 is 0 Å². The minimum atomic E-state index is -0.0709. The number of aromatic nitrogens is 2. The maximum Gasteiger partial charge on any atom is 0.254 e. The predicted octanol–water partition coefficient (Wildman–Crippen LogP) is 2.60. The third-order valence-corrected chi connectivity index (χ3v) is 3.93. The van der Waals surface area contributed by atoms with E-state index in [4.69, 9.17) is 21.1 Å². The second-order valence-electron chi connectivity index (χ2n) is 4.89. The number of halogens is 1. The van der Waals surface area contributed by atoms with Crippen molar-refractivity contribution in [3.8, 4) is 22.9 Å². The number of hydrogen-bond donors (Lipinski definition) is 1. The van der Waals surface area contributed by atoms with Crippen LogP contribution in [-0.2, 0) is 12.8 Å². The molecule has 0 amide bonds. The topological polar surface area (TPSA) is 64.2 Å². The Labute approximate surface area is 126 Å². The van der Waals surface area contributed by atoms with E-state index in [9.17, 15) is 4.79 Å². The van der Waals surface area contributed by atoms with E-state index in [1.54, 1.807) is 12.1 Å². The van der Waals surface area contributed by atoms with E-state index < -0.39 is 0 Å². The number of hydrogen-bond acceptors (Lipinski definition) is 4. The summed E-state index contributed by atoms with van der Waals surface area (Å²) in [5, 5.41) is 0.412. The zero-order chi connectivity index (χ0) is 15.0. The molecule has 0 saturated carbocycles. The Morgan fingerprint density at radius 2 is 2.05 bits per heavy atom. The molecule has 1 N–H and O–H groups in total. The molecular weight excluding hydrogens is 292 g/mol. The number of rotatable bonds is 3. The van der Waals surface area contributed by atoms with Crippen molar-refractivity contribution >= 4 is 11.6 Å². The second kappa shape index (κ2) is 5.41. The number of aryl methyl sites for hydroxylation is 1. The van der Waals surface area contributed by atoms with Gasteiger partial charge in [-0.1, -0.05) is 11.6 Å². The van der Waals surface area contributed by atoms with Crippen LogP contribution in [0.5, 0.6) is 11.5 Å². The molecule has 1 heterocycles. The maximum atomic E-state index is 12.1. The summed E-state index contributed by atoms with van der Waals surface area (Å²) in [6.45, 7) is 0. The lowest BCUT2D eigenvalue weighted by molar-refractivity contribution is 0.355. The minimum absolute atomic E-state index is 0.0709. The van der Waals surface area contributed by atoms with Crippen LogP contribution in [0.2, 0.25) is 5.02 Å². The van der Waals surface area contributed by atoms with Gasteiger partial charge in [-0.2, -0.15) is 0 Å². The number of aromatic amines is 1. The van der Waals surface area contributed by atoms with Crippen LogP contribution in [0.25, 0.3) is 11.4 Å². The molecule has 3 rings (SSSR count). The van der Waals surface area contributed by atoms with Gasteiger partial charge in [0.05, 0.1) is 24.9 Å². The summed E-state index contributed by atoms with van der Waals surface area (Å²) in [5.74, 6) is 1.47. The van der Waals surface area contributed by atoms with Gasteiger partial charge in [0, 0.05) is 11.1 Å². The molecular formula is C15H15ClN2O3. The number of nitrogens with zero attached hydrogens (tertiary/aromatic N) is 1. The summed E-state index contributed by atoms with van der Waals surface area (Å²) >= 11 is 6.20. The van der Waals surface area contributed by atoms with Gasteiger partial charge in [-0.05, 0) is 31.4 Å². The van der Waals surface area contributed by atoms with Crippen LogP contribution in [0.15, 0.2) is 16.9 Å². The summed E-state index contributed by atoms with van der Waals surface area (Å²) in [5.41, 5.74) is 2.30. The van der Waals surface area contributed by atoms with Crippen molar-refractivity contribution in [2.75, 3.05) is 14.2 Å². The first-order valence-corrected chi connectivity index (χ1v) is 7.05. The lowest BCUT2D eigenvalue weighted by atomic mass is 10.1. The molecule has 0 saturated heterocycles. The van der Waals surface area contributed by atoms with Gasteiger partial charge in [0.1, 0.15) is 5.82 Å². The minimum Gasteiger partial charge on any atom is -0.493 e. The highest BCUT2D eigenvalue weighted by molar-refractivity contribution is 6.32. The molecule has 21 heavy (non-hydrogen) atoms. The predicted molar refractivity (Wildman–Crippen MR) is 80.4 cm³/mol. The van der Waals surface area contributed by atoms with Crippen LogP contribution in [0, 0.1) is 0 Å². The van der Waals surface area contributed by atoms with Crippen molar-refractivity contribution in [1.29, 1.82) is 0 Å². The zero-order valence-corrected chi connectivity index (χ0v) is 12.6. The zero-order valence-electron chi connectivity index (χ0n) is 11.8. The second-order valence-corrected chi connectivity index (χ2v) is 5.29. The Morgan fingerprint density at radius 1 is 1.24 bits per heavy atom. The van der Waals surface area contributed by atoms with Gasteiger partial charge in [0.15, 0.2) is 11.5 Å². The van der Waals surface area contributed by atoms with Gasteiger partial charge in [-0.3, -0.25) is 4.79 Å². The third-order valence-electron chi connectivity index (χ3n) is 3.65. The van der Waals surface area contributed by atoms with Gasteiger partial charge in [0.25, 0.3) is 5.56 Å². The quantitative estimate of drug-likeness (QED) is 0.946. The van der Waals surface area contributed by atoms with Gasteiger partial charge >= 0.3 is 0 Å². The first-order chi connectivity index (χ1) is 10.1. The Bertz CT molecular complexity index is 755. The summed E-state index contributed by atoms with van der Waals surface area (Å²) in [6, 6.07) is 3.47. The number of methoxy groups -OCH3 is 2. The highest BCUT2D eigenvalue weighted by Crippen LogP contribution is 2.38. The van der Waals surface area contributed by atoms with Crippen LogP contribution in [-0.4, -0.2) is 24.2 Å². The lowest BCUT2D eigenvalue weighted by Gasteiger charge is -2.12. The summed E-state index contributed by atoms with van der Waals surface area (Å²) in [4.78, 5) is 19.4. The average molecular weight is 307 g/mol. The normalized spacial score (nSPS) is 13.1. The molecule has 2 aromatic rings. The molecule has 1 aliphatic rings. The summed E-state index contributed by atoms with van der Waals surface area (Å²) in [6.07, 6.45) is 2.61. The fourth-order valence-corrected chi connectivity index (χ4v) is 2.92. The average Bonchev–Trinajstić information content (AvgIpc) is 2.95. The van der Waals surface area contributed by atoms with Crippen LogP contribution < -0.4 is 15.0 Å². The van der Waals surface area contributed by atoms with E-state index in [0.717, 1.165) is 30.5 Å². The molecule has 6 heteroatoms. The SMILES string of the molecule is COc1cc(-c2nc3c(c(=O)[nH]2)CCC3)cc(Cl)c1OC. The van der Waals surface area contributed by atoms with Crippen LogP contribution in [0.4, 0.5) is 0 Å². The Balaban J connectivity index is 2.15. The van der Waals surface area contributed by atoms with Crippen LogP contribution in [0.1, 0.15) is 17.7 Å². The van der Waals surface area contributed by atoms with E-state index in [1.165, 1.54) is 14.2 Å². The van der Waals surface area contributed by atoms with Crippen molar-refractivity contribution in [1.82, 2.24) is 9.97 Å². The number of fused-ring (bicyclic) bond motifs is 1. The van der Waals surface area contributed by atoms with Gasteiger partial charge < -0.3 is 14.5 Å². The molecule has 110 valence electrons. The molecule has 1 aromatic carbocycles. The molecule has 0 bridgehead atoms. The summed E-state index contributed by atoms with van der Waals surface area (Å²) in [7, 11) is 3.07. The maximum absolute atomic E-state index is 12.1. The monoisotopic (exact) mass is 306 g/mol. The summed E-state index contributed by atoms with van der Waals surface area (Å²) < 4.78 is 10.5. The van der Waals surface area contributed by atoms with E-state index in [2.05, 4.69) is 9.97 Å². The lowest BCUT2D eigenvalue weighted by Crippen LogP contribution is -2.15. The molecule has 1 aliphatic carbocycles. The largest absolute Gasteiger partial charge is 0.493 e. The van der Waals surface area contributed by atoms with E-state index in [0.29, 0.717) is 27.9 Å². The first-order valence-electron chi connectivity index (χ1n) is 6.68. The first kappa shape index (κ1) is 13.9. The highest BCUT2D eigenvalue weighted by atomic mass is 35.5. The van der Waals surface area contributed by atoms with Gasteiger partial charge in [-0.15, -0.1) is 0 Å². The fourth-order valence-electron chi connectivity index (χ4n) is 2.63. The van der Waals surface area contributed by atoms with Gasteiger partial charge in [0.2, 0.25) is 0 Å². The number of ether oxygens (including phenoxy) is 2. The van der Waals surface area contributed by atoms with Crippen molar-refractivity contribution in [3.63, 3.8) is 0 Å². The van der Waals surface area contributed by atoms with E-state index in [1.807, 2.05) is 0 Å². The van der Waals surface area contributed by atoms with Crippen LogP contribution in [0.3, 0.4) is 0 Å². The van der Waals surface area contributed by atoms with Crippen molar-refractivity contribution < 1.29 is 9.47 Å². The number of H-pyrrole nitrogens is 1. The molecule has 1 aromatic heterocycles. The number of benzene rings is 1. The molecule has 5 nitrogen and oxygen atoms in total. The number of nitrogens with one attached hydrogen (secondary N) is 1. The molecule has 0 spiro atoms. The van der Waals surface area contributed by atoms with E-state index in [-0.39, 0.29) is 5.56 Å².